The Labute approximate surface area is 171 Å². The first-order valence-corrected chi connectivity index (χ1v) is 9.71. The molecule has 0 saturated heterocycles. The number of nitrogens with zero attached hydrogens (tertiary/aromatic N) is 1. The molecule has 0 aliphatic heterocycles. The molecule has 150 valence electrons. The maximum Gasteiger partial charge on any atom is 0.261 e. The van der Waals surface area contributed by atoms with E-state index in [0.717, 1.165) is 16.7 Å². The molecule has 2 rings (SSSR count). The van der Waals surface area contributed by atoms with Gasteiger partial charge in [-0.25, -0.2) is 0 Å². The molecule has 0 saturated carbocycles. The van der Waals surface area contributed by atoms with Crippen LogP contribution >= 0.6 is 11.6 Å². The average Bonchev–Trinajstić information content (AvgIpc) is 2.64. The van der Waals surface area contributed by atoms with Gasteiger partial charge < -0.3 is 15.0 Å². The van der Waals surface area contributed by atoms with Crippen molar-refractivity contribution in [2.24, 2.45) is 0 Å². The third-order valence-electron chi connectivity index (χ3n) is 4.37. The smallest absolute Gasteiger partial charge is 0.261 e. The number of halogens is 1. The second-order valence-corrected chi connectivity index (χ2v) is 7.20. The largest absolute Gasteiger partial charge is 0.484 e. The maximum atomic E-state index is 12.9. The molecule has 0 heterocycles. The van der Waals surface area contributed by atoms with Crippen molar-refractivity contribution in [3.8, 4) is 5.75 Å². The molecule has 2 aromatic carbocycles. The first-order valence-electron chi connectivity index (χ1n) is 9.33. The van der Waals surface area contributed by atoms with Gasteiger partial charge >= 0.3 is 0 Å². The standard InChI is InChI=1S/C22H27ClN2O3/c1-5-24-22(27)17(4)25(13-18-8-6-7-9-20(18)23)21(26)14-28-19-11-15(2)10-16(3)12-19/h6-12,17H,5,13-14H2,1-4H3,(H,24,27)/t17-/m1/s1. The van der Waals surface area contributed by atoms with Gasteiger partial charge in [-0.15, -0.1) is 0 Å². The van der Waals surface area contributed by atoms with E-state index in [2.05, 4.69) is 5.32 Å². The number of rotatable bonds is 8. The van der Waals surface area contributed by atoms with Gasteiger partial charge in [0, 0.05) is 18.1 Å². The lowest BCUT2D eigenvalue weighted by Gasteiger charge is -2.29. The van der Waals surface area contributed by atoms with Crippen LogP contribution < -0.4 is 10.1 Å². The molecule has 0 aliphatic rings. The minimum Gasteiger partial charge on any atom is -0.484 e. The van der Waals surface area contributed by atoms with Crippen LogP contribution in [0.15, 0.2) is 42.5 Å². The number of benzene rings is 2. The minimum atomic E-state index is -0.647. The lowest BCUT2D eigenvalue weighted by atomic mass is 10.1. The zero-order valence-corrected chi connectivity index (χ0v) is 17.5. The number of hydrogen-bond acceptors (Lipinski definition) is 3. The molecular weight excluding hydrogens is 376 g/mol. The highest BCUT2D eigenvalue weighted by atomic mass is 35.5. The van der Waals surface area contributed by atoms with Crippen molar-refractivity contribution in [2.75, 3.05) is 13.2 Å². The highest BCUT2D eigenvalue weighted by molar-refractivity contribution is 6.31. The molecule has 2 aromatic rings. The van der Waals surface area contributed by atoms with Crippen molar-refractivity contribution in [1.82, 2.24) is 10.2 Å². The van der Waals surface area contributed by atoms with E-state index in [1.165, 1.54) is 4.90 Å². The SMILES string of the molecule is CCNC(=O)[C@@H](C)N(Cc1ccccc1Cl)C(=O)COc1cc(C)cc(C)c1. The number of nitrogens with one attached hydrogen (secondary N) is 1. The van der Waals surface area contributed by atoms with Crippen LogP contribution in [0.5, 0.6) is 5.75 Å². The number of ether oxygens (including phenoxy) is 1. The Kier molecular flexibility index (Phi) is 7.88. The van der Waals surface area contributed by atoms with E-state index in [1.807, 2.05) is 57.2 Å². The van der Waals surface area contributed by atoms with E-state index in [0.29, 0.717) is 17.3 Å². The monoisotopic (exact) mass is 402 g/mol. The van der Waals surface area contributed by atoms with Gasteiger partial charge in [0.2, 0.25) is 5.91 Å². The maximum absolute atomic E-state index is 12.9. The Morgan fingerprint density at radius 1 is 1.14 bits per heavy atom. The Morgan fingerprint density at radius 3 is 2.39 bits per heavy atom. The molecule has 2 amide bonds. The van der Waals surface area contributed by atoms with Gasteiger partial charge in [0.25, 0.3) is 5.91 Å². The molecule has 0 aliphatic carbocycles. The summed E-state index contributed by atoms with van der Waals surface area (Å²) in [6, 6.07) is 12.4. The van der Waals surface area contributed by atoms with Crippen LogP contribution in [-0.2, 0) is 16.1 Å². The average molecular weight is 403 g/mol. The summed E-state index contributed by atoms with van der Waals surface area (Å²) >= 11 is 6.26. The van der Waals surface area contributed by atoms with Crippen LogP contribution in [0.25, 0.3) is 0 Å². The number of carbonyl (C=O) groups is 2. The van der Waals surface area contributed by atoms with Crippen molar-refractivity contribution in [1.29, 1.82) is 0 Å². The fourth-order valence-corrected chi connectivity index (χ4v) is 3.15. The highest BCUT2D eigenvalue weighted by Gasteiger charge is 2.26. The summed E-state index contributed by atoms with van der Waals surface area (Å²) in [6.45, 7) is 8.07. The highest BCUT2D eigenvalue weighted by Crippen LogP contribution is 2.20. The third-order valence-corrected chi connectivity index (χ3v) is 4.74. The minimum absolute atomic E-state index is 0.156. The fourth-order valence-electron chi connectivity index (χ4n) is 2.96. The summed E-state index contributed by atoms with van der Waals surface area (Å²) in [5, 5.41) is 3.32. The number of hydrogen-bond donors (Lipinski definition) is 1. The summed E-state index contributed by atoms with van der Waals surface area (Å²) in [7, 11) is 0. The van der Waals surface area contributed by atoms with E-state index >= 15 is 0 Å². The lowest BCUT2D eigenvalue weighted by molar-refractivity contribution is -0.142. The van der Waals surface area contributed by atoms with Crippen molar-refractivity contribution < 1.29 is 14.3 Å². The molecular formula is C22H27ClN2O3. The van der Waals surface area contributed by atoms with Gasteiger partial charge in [0.05, 0.1) is 0 Å². The van der Waals surface area contributed by atoms with E-state index in [-0.39, 0.29) is 25.0 Å². The van der Waals surface area contributed by atoms with Crippen molar-refractivity contribution >= 4 is 23.4 Å². The predicted molar refractivity (Wildman–Crippen MR) is 112 cm³/mol. The zero-order valence-electron chi connectivity index (χ0n) is 16.8. The topological polar surface area (TPSA) is 58.6 Å². The van der Waals surface area contributed by atoms with Gasteiger partial charge in [-0.1, -0.05) is 35.9 Å². The summed E-state index contributed by atoms with van der Waals surface area (Å²) in [4.78, 5) is 26.8. The molecule has 0 fully saturated rings. The molecule has 0 spiro atoms. The van der Waals surface area contributed by atoms with Crippen LogP contribution in [0.4, 0.5) is 0 Å². The van der Waals surface area contributed by atoms with E-state index in [9.17, 15) is 9.59 Å². The fraction of sp³-hybridized carbons (Fsp3) is 0.364. The molecule has 1 N–H and O–H groups in total. The second kappa shape index (κ2) is 10.1. The number of likely N-dealkylation sites (N-methyl/N-ethyl adjacent to an activating group) is 1. The Hall–Kier alpha value is -2.53. The normalized spacial score (nSPS) is 11.6. The molecule has 0 aromatic heterocycles. The molecule has 0 bridgehead atoms. The summed E-state index contributed by atoms with van der Waals surface area (Å²) in [6.07, 6.45) is 0. The molecule has 0 unspecified atom stereocenters. The Balaban J connectivity index is 2.17. The van der Waals surface area contributed by atoms with Gasteiger partial charge in [0.1, 0.15) is 11.8 Å². The first kappa shape index (κ1) is 21.8. The van der Waals surface area contributed by atoms with Crippen molar-refractivity contribution in [2.45, 2.75) is 40.3 Å². The molecule has 1 atom stereocenters. The molecule has 5 nitrogen and oxygen atoms in total. The summed E-state index contributed by atoms with van der Waals surface area (Å²) in [5.74, 6) is 0.140. The third kappa shape index (κ3) is 5.99. The Morgan fingerprint density at radius 2 is 1.79 bits per heavy atom. The second-order valence-electron chi connectivity index (χ2n) is 6.80. The molecule has 0 radical (unpaired) electrons. The first-order chi connectivity index (χ1) is 13.3. The van der Waals surface area contributed by atoms with Gasteiger partial charge in [-0.05, 0) is 62.6 Å². The summed E-state index contributed by atoms with van der Waals surface area (Å²) in [5.41, 5.74) is 2.90. The van der Waals surface area contributed by atoms with Crippen LogP contribution in [0.3, 0.4) is 0 Å². The van der Waals surface area contributed by atoms with Crippen molar-refractivity contribution in [3.63, 3.8) is 0 Å². The molecule has 6 heteroatoms. The van der Waals surface area contributed by atoms with E-state index in [1.54, 1.807) is 13.0 Å². The quantitative estimate of drug-likeness (QED) is 0.728. The molecule has 28 heavy (non-hydrogen) atoms. The predicted octanol–water partition coefficient (Wildman–Crippen LogP) is 3.89. The lowest BCUT2D eigenvalue weighted by Crippen LogP contribution is -2.49. The van der Waals surface area contributed by atoms with Crippen LogP contribution in [0.1, 0.15) is 30.5 Å². The summed E-state index contributed by atoms with van der Waals surface area (Å²) < 4.78 is 5.71. The van der Waals surface area contributed by atoms with E-state index in [4.69, 9.17) is 16.3 Å². The number of carbonyl (C=O) groups excluding carboxylic acids is 2. The van der Waals surface area contributed by atoms with Crippen LogP contribution in [0, 0.1) is 13.8 Å². The van der Waals surface area contributed by atoms with E-state index < -0.39 is 6.04 Å². The van der Waals surface area contributed by atoms with Gasteiger partial charge in [-0.2, -0.15) is 0 Å². The zero-order chi connectivity index (χ0) is 20.7. The van der Waals surface area contributed by atoms with Gasteiger partial charge in [-0.3, -0.25) is 9.59 Å². The number of amides is 2. The number of aryl methyl sites for hydroxylation is 2. The van der Waals surface area contributed by atoms with Crippen LogP contribution in [0.2, 0.25) is 5.02 Å². The van der Waals surface area contributed by atoms with Gasteiger partial charge in [0.15, 0.2) is 6.61 Å². The van der Waals surface area contributed by atoms with Crippen LogP contribution in [-0.4, -0.2) is 35.9 Å². The Bertz CT molecular complexity index is 818. The van der Waals surface area contributed by atoms with Crippen molar-refractivity contribution in [3.05, 3.63) is 64.2 Å².